The highest BCUT2D eigenvalue weighted by atomic mass is 32.1. The summed E-state index contributed by atoms with van der Waals surface area (Å²) in [5, 5.41) is 48.4. The molecule has 0 fully saturated rings. The number of ketones is 2. The third kappa shape index (κ3) is 18.0. The summed E-state index contributed by atoms with van der Waals surface area (Å²) >= 11 is 2.97. The maximum atomic E-state index is 13.8. The number of hydrogen-bond donors (Lipinski definition) is 4. The van der Waals surface area contributed by atoms with E-state index in [0.717, 1.165) is 32.9 Å². The third-order valence-corrected chi connectivity index (χ3v) is 15.0. The maximum absolute atomic E-state index is 13.8. The van der Waals surface area contributed by atoms with Crippen LogP contribution in [0.2, 0.25) is 0 Å². The van der Waals surface area contributed by atoms with Crippen LogP contribution in [0.1, 0.15) is 136 Å². The predicted octanol–water partition coefficient (Wildman–Crippen LogP) is 10.6. The van der Waals surface area contributed by atoms with Gasteiger partial charge in [-0.3, -0.25) is 19.2 Å². The van der Waals surface area contributed by atoms with E-state index in [-0.39, 0.29) is 24.5 Å². The van der Waals surface area contributed by atoms with Crippen molar-refractivity contribution in [3.8, 4) is 0 Å². The molecule has 10 atom stereocenters. The lowest BCUT2D eigenvalue weighted by molar-refractivity contribution is -0.155. The normalized spacial score (nSPS) is 31.9. The number of Topliss-reactive ketones (excluding diaryl/α,β-unsaturated/α-hetero) is 2. The van der Waals surface area contributed by atoms with Crippen LogP contribution in [0, 0.1) is 48.3 Å². The van der Waals surface area contributed by atoms with Crippen molar-refractivity contribution in [3.63, 3.8) is 0 Å². The molecule has 2 aromatic rings. The Labute approximate surface area is 425 Å². The summed E-state index contributed by atoms with van der Waals surface area (Å²) in [4.78, 5) is 60.7. The standard InChI is InChI=1S/C27H36F3NO5S.C27H39NO5S/c1-15-8-7-9-19(27(28,29)30)10-11-21(16(2)12-20-14-37-18(4)31-20)36-23(33)13-22(32)26(5,6)25(35)17(3)24(15)34;1-16-9-8-10-17(2)25(31)19(4)26(32)27(6,7)23(29)14-24(30)33-22(12-11-16)18(3)13-21-15-34-20(5)28-21/h7-8,10,12,14-15,17,21-22,24,32,34H,9,11,13H2,1-6H3;8,10-11,13,15,17,19,22-23,25,29,31H,9,12,14H2,1-7H3/b8-7+,16-12+,19-10+;10-8+,16-11-,18-13+/t15-,17+,21-,22-,24-;17-,19+,22-,23-,25-/m00/s1. The van der Waals surface area contributed by atoms with Crippen LogP contribution in [0.5, 0.6) is 0 Å². The highest BCUT2D eigenvalue weighted by Gasteiger charge is 2.44. The third-order valence-electron chi connectivity index (χ3n) is 13.5. The van der Waals surface area contributed by atoms with Gasteiger partial charge in [0.2, 0.25) is 0 Å². The summed E-state index contributed by atoms with van der Waals surface area (Å²) in [6, 6.07) is 0. The first-order valence-corrected chi connectivity index (χ1v) is 25.8. The van der Waals surface area contributed by atoms with Gasteiger partial charge in [0.1, 0.15) is 23.8 Å². The van der Waals surface area contributed by atoms with E-state index >= 15 is 0 Å². The molecule has 0 unspecified atom stereocenters. The Balaban J connectivity index is 0.000000377. The second-order valence-corrected chi connectivity index (χ2v) is 22.3. The van der Waals surface area contributed by atoms with Crippen molar-refractivity contribution in [3.05, 3.63) is 90.9 Å². The fraction of sp³-hybridized carbons (Fsp3) is 0.593. The van der Waals surface area contributed by atoms with Crippen LogP contribution in [-0.4, -0.2) is 96.7 Å². The zero-order valence-corrected chi connectivity index (χ0v) is 45.0. The van der Waals surface area contributed by atoms with Crippen LogP contribution in [-0.2, 0) is 28.7 Å². The number of cyclic esters (lactones) is 2. The highest BCUT2D eigenvalue weighted by molar-refractivity contribution is 7.09. The number of alkyl halides is 3. The molecular formula is C54H75F3N2O10S2. The van der Waals surface area contributed by atoms with Gasteiger partial charge in [0.05, 0.1) is 69.5 Å². The van der Waals surface area contributed by atoms with E-state index in [4.69, 9.17) is 9.47 Å². The van der Waals surface area contributed by atoms with Crippen LogP contribution >= 0.6 is 22.7 Å². The molecule has 0 saturated heterocycles. The van der Waals surface area contributed by atoms with Gasteiger partial charge in [0.25, 0.3) is 0 Å². The minimum atomic E-state index is -4.61. The second-order valence-electron chi connectivity index (χ2n) is 20.2. The number of aryl methyl sites for hydroxylation is 2. The van der Waals surface area contributed by atoms with Crippen LogP contribution in [0.3, 0.4) is 0 Å². The number of esters is 2. The topological polar surface area (TPSA) is 193 Å². The number of aliphatic hydroxyl groups is 4. The molecule has 4 heterocycles. The lowest BCUT2D eigenvalue weighted by Crippen LogP contribution is -2.45. The van der Waals surface area contributed by atoms with E-state index in [0.29, 0.717) is 24.1 Å². The van der Waals surface area contributed by atoms with Crippen LogP contribution in [0.4, 0.5) is 13.2 Å². The Kier molecular flexibility index (Phi) is 22.8. The molecule has 0 aromatic carbocycles. The average molecular weight is 1030 g/mol. The van der Waals surface area contributed by atoms with Gasteiger partial charge in [-0.1, -0.05) is 97.4 Å². The fourth-order valence-electron chi connectivity index (χ4n) is 8.22. The fourth-order valence-corrected chi connectivity index (χ4v) is 9.36. The molecule has 4 rings (SSSR count). The summed E-state index contributed by atoms with van der Waals surface area (Å²) in [5.41, 5.74) is 0.462. The number of thiazole rings is 2. The number of carbonyl (C=O) groups is 4. The highest BCUT2D eigenvalue weighted by Crippen LogP contribution is 2.35. The number of hydrogen-bond acceptors (Lipinski definition) is 14. The zero-order chi connectivity index (χ0) is 53.8. The summed E-state index contributed by atoms with van der Waals surface area (Å²) < 4.78 is 52.6. The minimum absolute atomic E-state index is 0.225. The van der Waals surface area contributed by atoms with E-state index < -0.39 is 108 Å². The summed E-state index contributed by atoms with van der Waals surface area (Å²) in [6.07, 6.45) is 2.09. The molecule has 2 aliphatic rings. The molecule has 2 aromatic heterocycles. The van der Waals surface area contributed by atoms with Crippen molar-refractivity contribution in [2.75, 3.05) is 0 Å². The summed E-state index contributed by atoms with van der Waals surface area (Å²) in [6.45, 7) is 22.2. The Morgan fingerprint density at radius 1 is 0.662 bits per heavy atom. The largest absolute Gasteiger partial charge is 0.457 e. The van der Waals surface area contributed by atoms with Crippen molar-refractivity contribution in [2.24, 2.45) is 34.5 Å². The van der Waals surface area contributed by atoms with Crippen LogP contribution < -0.4 is 0 Å². The van der Waals surface area contributed by atoms with E-state index in [1.807, 2.05) is 64.3 Å². The number of halogens is 3. The minimum Gasteiger partial charge on any atom is -0.457 e. The van der Waals surface area contributed by atoms with Crippen molar-refractivity contribution in [1.29, 1.82) is 0 Å². The number of ether oxygens (including phenoxy) is 2. The molecule has 4 N–H and O–H groups in total. The van der Waals surface area contributed by atoms with Gasteiger partial charge in [-0.25, -0.2) is 9.97 Å². The quantitative estimate of drug-likeness (QED) is 0.168. The lowest BCUT2D eigenvalue weighted by Gasteiger charge is -2.34. The molecule has 0 aliphatic carbocycles. The first-order chi connectivity index (χ1) is 32.9. The molecule has 12 nitrogen and oxygen atoms in total. The lowest BCUT2D eigenvalue weighted by atomic mass is 9.73. The molecule has 0 amide bonds. The smallest absolute Gasteiger partial charge is 0.412 e. The number of aliphatic hydroxyl groups excluding tert-OH is 4. The predicted molar refractivity (Wildman–Crippen MR) is 273 cm³/mol. The van der Waals surface area contributed by atoms with Crippen molar-refractivity contribution >= 4 is 58.3 Å². The molecule has 2 aliphatic heterocycles. The molecule has 71 heavy (non-hydrogen) atoms. The van der Waals surface area contributed by atoms with Gasteiger partial charge >= 0.3 is 18.1 Å². The number of allylic oxidation sites excluding steroid dienone is 4. The van der Waals surface area contributed by atoms with E-state index in [2.05, 4.69) is 9.97 Å². The summed E-state index contributed by atoms with van der Waals surface area (Å²) in [7, 11) is 0. The SMILES string of the molecule is C/C(=C\c1csc(C)n1)[C@@H]1C/C=C(/C(F)(F)F)C/C=C/[C@H](C)[C@H](O)[C@@H](C)C(=O)C(C)(C)[C@@H](O)CC(=O)O1.C/C1=C/C[C@@H](/C(C)=C/c2csc(C)n2)OC(=O)C[C@H](O)C(C)(C)C(=O)[C@H](C)[C@@H](O)[C@@H](C)/C=C/C1. The molecular weight excluding hydrogens is 958 g/mol. The number of carbonyl (C=O) groups excluding carboxylic acids is 4. The molecule has 394 valence electrons. The molecule has 17 heteroatoms. The number of rotatable bonds is 4. The zero-order valence-electron chi connectivity index (χ0n) is 43.4. The first kappa shape index (κ1) is 60.9. The van der Waals surface area contributed by atoms with Crippen molar-refractivity contribution in [2.45, 2.75) is 171 Å². The van der Waals surface area contributed by atoms with E-state index in [1.54, 1.807) is 57.4 Å². The Bertz CT molecular complexity index is 2340. The molecule has 0 saturated carbocycles. The van der Waals surface area contributed by atoms with Gasteiger partial charge < -0.3 is 29.9 Å². The number of aromatic nitrogens is 2. The van der Waals surface area contributed by atoms with E-state index in [9.17, 15) is 52.8 Å². The van der Waals surface area contributed by atoms with Crippen molar-refractivity contribution < 1.29 is 62.2 Å². The van der Waals surface area contributed by atoms with Gasteiger partial charge in [0.15, 0.2) is 0 Å². The van der Waals surface area contributed by atoms with Gasteiger partial charge in [0, 0.05) is 52.8 Å². The molecule has 0 radical (unpaired) electrons. The Morgan fingerprint density at radius 3 is 1.41 bits per heavy atom. The van der Waals surface area contributed by atoms with Crippen LogP contribution in [0.25, 0.3) is 12.2 Å². The van der Waals surface area contributed by atoms with Crippen LogP contribution in [0.15, 0.2) is 69.5 Å². The van der Waals surface area contributed by atoms with Gasteiger partial charge in [-0.2, -0.15) is 13.2 Å². The maximum Gasteiger partial charge on any atom is 0.412 e. The first-order valence-electron chi connectivity index (χ1n) is 24.0. The Morgan fingerprint density at radius 2 is 1.04 bits per heavy atom. The molecule has 0 spiro atoms. The van der Waals surface area contributed by atoms with Crippen molar-refractivity contribution in [1.82, 2.24) is 9.97 Å². The number of nitrogens with zero attached hydrogens (tertiary/aromatic N) is 2. The molecule has 0 bridgehead atoms. The van der Waals surface area contributed by atoms with Gasteiger partial charge in [-0.05, 0) is 70.8 Å². The van der Waals surface area contributed by atoms with E-state index in [1.165, 1.54) is 44.3 Å². The van der Waals surface area contributed by atoms with Gasteiger partial charge in [-0.15, -0.1) is 22.7 Å². The second kappa shape index (κ2) is 26.5. The summed E-state index contributed by atoms with van der Waals surface area (Å²) in [5.74, 6) is -4.62. The average Bonchev–Trinajstić information content (AvgIpc) is 3.90. The Hall–Kier alpha value is -4.39. The monoisotopic (exact) mass is 1030 g/mol.